The van der Waals surface area contributed by atoms with Gasteiger partial charge in [0.25, 0.3) is 0 Å². The SMILES string of the molecule is Cc1c2c(cc3c1N(C(=O)OC(C)C)CCCC3)CCC2. The predicted molar refractivity (Wildman–Crippen MR) is 85.1 cm³/mol. The van der Waals surface area contributed by atoms with E-state index in [0.29, 0.717) is 0 Å². The van der Waals surface area contributed by atoms with Gasteiger partial charge in [0.2, 0.25) is 0 Å². The molecule has 1 aromatic rings. The van der Waals surface area contributed by atoms with Gasteiger partial charge in [-0.1, -0.05) is 6.07 Å². The van der Waals surface area contributed by atoms with Gasteiger partial charge in [-0.05, 0) is 81.5 Å². The minimum atomic E-state index is -0.186. The quantitative estimate of drug-likeness (QED) is 0.775. The van der Waals surface area contributed by atoms with E-state index in [1.54, 1.807) is 0 Å². The summed E-state index contributed by atoms with van der Waals surface area (Å²) in [6.07, 6.45) is 6.61. The molecule has 0 bridgehead atoms. The maximum atomic E-state index is 12.5. The minimum Gasteiger partial charge on any atom is -0.446 e. The number of aryl methyl sites for hydroxylation is 2. The summed E-state index contributed by atoms with van der Waals surface area (Å²) in [4.78, 5) is 14.4. The van der Waals surface area contributed by atoms with Gasteiger partial charge in [0, 0.05) is 6.54 Å². The Morgan fingerprint density at radius 3 is 2.67 bits per heavy atom. The van der Waals surface area contributed by atoms with Crippen molar-refractivity contribution in [2.45, 2.75) is 65.4 Å². The molecular weight excluding hydrogens is 262 g/mol. The first-order valence-corrected chi connectivity index (χ1v) is 8.20. The Kier molecular flexibility index (Phi) is 3.92. The Hall–Kier alpha value is -1.51. The molecule has 21 heavy (non-hydrogen) atoms. The van der Waals surface area contributed by atoms with E-state index in [2.05, 4.69) is 13.0 Å². The lowest BCUT2D eigenvalue weighted by Gasteiger charge is -2.26. The van der Waals surface area contributed by atoms with E-state index >= 15 is 0 Å². The van der Waals surface area contributed by atoms with Crippen molar-refractivity contribution in [1.29, 1.82) is 0 Å². The summed E-state index contributed by atoms with van der Waals surface area (Å²) in [5.41, 5.74) is 6.76. The Balaban J connectivity index is 2.04. The third-order valence-electron chi connectivity index (χ3n) is 4.63. The molecule has 0 atom stereocenters. The van der Waals surface area contributed by atoms with E-state index in [4.69, 9.17) is 4.74 Å². The molecule has 0 radical (unpaired) electrons. The van der Waals surface area contributed by atoms with Crippen LogP contribution in [0, 0.1) is 6.92 Å². The molecule has 1 amide bonds. The molecule has 1 aromatic carbocycles. The van der Waals surface area contributed by atoms with Crippen molar-refractivity contribution in [3.63, 3.8) is 0 Å². The molecule has 1 aliphatic heterocycles. The van der Waals surface area contributed by atoms with Crippen LogP contribution in [0.5, 0.6) is 0 Å². The summed E-state index contributed by atoms with van der Waals surface area (Å²) in [6, 6.07) is 2.35. The van der Waals surface area contributed by atoms with E-state index < -0.39 is 0 Å². The van der Waals surface area contributed by atoms with Crippen LogP contribution in [-0.4, -0.2) is 18.7 Å². The standard InChI is InChI=1S/C18H25NO2/c1-12(2)21-18(20)19-10-5-4-7-15-11-14-8-6-9-16(14)13(3)17(15)19/h11-12H,4-10H2,1-3H3. The second-order valence-electron chi connectivity index (χ2n) is 6.54. The van der Waals surface area contributed by atoms with Gasteiger partial charge in [-0.25, -0.2) is 4.79 Å². The summed E-state index contributed by atoms with van der Waals surface area (Å²) in [5, 5.41) is 0. The Morgan fingerprint density at radius 2 is 1.90 bits per heavy atom. The van der Waals surface area contributed by atoms with Gasteiger partial charge in [0.15, 0.2) is 0 Å². The summed E-state index contributed by atoms with van der Waals surface area (Å²) < 4.78 is 5.46. The average Bonchev–Trinajstić information content (AvgIpc) is 2.77. The highest BCUT2D eigenvalue weighted by atomic mass is 16.6. The van der Waals surface area contributed by atoms with Crippen LogP contribution in [0.3, 0.4) is 0 Å². The molecule has 0 saturated carbocycles. The third kappa shape index (κ3) is 2.66. The first-order chi connectivity index (χ1) is 10.1. The zero-order chi connectivity index (χ0) is 15.0. The van der Waals surface area contributed by atoms with Crippen LogP contribution in [0.4, 0.5) is 10.5 Å². The van der Waals surface area contributed by atoms with Crippen molar-refractivity contribution in [3.8, 4) is 0 Å². The number of amides is 1. The van der Waals surface area contributed by atoms with Crippen molar-refractivity contribution in [1.82, 2.24) is 0 Å². The van der Waals surface area contributed by atoms with Gasteiger partial charge in [0.05, 0.1) is 11.8 Å². The van der Waals surface area contributed by atoms with E-state index in [9.17, 15) is 4.79 Å². The maximum Gasteiger partial charge on any atom is 0.414 e. The van der Waals surface area contributed by atoms with Crippen molar-refractivity contribution < 1.29 is 9.53 Å². The number of hydrogen-bond acceptors (Lipinski definition) is 2. The average molecular weight is 287 g/mol. The second-order valence-corrected chi connectivity index (χ2v) is 6.54. The van der Waals surface area contributed by atoms with Gasteiger partial charge < -0.3 is 4.74 Å². The first-order valence-electron chi connectivity index (χ1n) is 8.20. The zero-order valence-electron chi connectivity index (χ0n) is 13.4. The molecule has 1 heterocycles. The highest BCUT2D eigenvalue weighted by Gasteiger charge is 2.28. The van der Waals surface area contributed by atoms with Gasteiger partial charge in [0.1, 0.15) is 0 Å². The lowest BCUT2D eigenvalue weighted by molar-refractivity contribution is 0.122. The van der Waals surface area contributed by atoms with Crippen LogP contribution in [0.2, 0.25) is 0 Å². The van der Waals surface area contributed by atoms with Crippen LogP contribution in [0.1, 0.15) is 55.4 Å². The van der Waals surface area contributed by atoms with Crippen LogP contribution < -0.4 is 4.90 Å². The molecular formula is C18H25NO2. The van der Waals surface area contributed by atoms with Crippen molar-refractivity contribution >= 4 is 11.8 Å². The summed E-state index contributed by atoms with van der Waals surface area (Å²) in [6.45, 7) is 6.78. The number of anilines is 1. The lowest BCUT2D eigenvalue weighted by Crippen LogP contribution is -2.34. The second kappa shape index (κ2) is 5.70. The normalized spacial score (nSPS) is 17.4. The first kappa shape index (κ1) is 14.4. The third-order valence-corrected chi connectivity index (χ3v) is 4.63. The van der Waals surface area contributed by atoms with Crippen LogP contribution in [-0.2, 0) is 24.0 Å². The van der Waals surface area contributed by atoms with Crippen molar-refractivity contribution in [2.75, 3.05) is 11.4 Å². The fourth-order valence-corrected chi connectivity index (χ4v) is 3.73. The summed E-state index contributed by atoms with van der Waals surface area (Å²) in [7, 11) is 0. The Bertz CT molecular complexity index is 563. The number of hydrogen-bond donors (Lipinski definition) is 0. The Morgan fingerprint density at radius 1 is 1.14 bits per heavy atom. The highest BCUT2D eigenvalue weighted by Crippen LogP contribution is 2.38. The molecule has 114 valence electrons. The minimum absolute atomic E-state index is 0.0704. The molecule has 3 heteroatoms. The number of ether oxygens (including phenoxy) is 1. The summed E-state index contributed by atoms with van der Waals surface area (Å²) in [5.74, 6) is 0. The number of fused-ring (bicyclic) bond motifs is 2. The fourth-order valence-electron chi connectivity index (χ4n) is 3.73. The van der Waals surface area contributed by atoms with Gasteiger partial charge in [-0.2, -0.15) is 0 Å². The molecule has 2 aliphatic rings. The molecule has 0 spiro atoms. The molecule has 3 nitrogen and oxygen atoms in total. The maximum absolute atomic E-state index is 12.5. The van der Waals surface area contributed by atoms with Gasteiger partial charge in [-0.3, -0.25) is 4.90 Å². The smallest absolute Gasteiger partial charge is 0.414 e. The van der Waals surface area contributed by atoms with Crippen LogP contribution in [0.15, 0.2) is 6.07 Å². The van der Waals surface area contributed by atoms with Crippen LogP contribution >= 0.6 is 0 Å². The molecule has 0 fully saturated rings. The van der Waals surface area contributed by atoms with Gasteiger partial charge in [-0.15, -0.1) is 0 Å². The van der Waals surface area contributed by atoms with Crippen molar-refractivity contribution in [2.24, 2.45) is 0 Å². The van der Waals surface area contributed by atoms with Crippen LogP contribution in [0.25, 0.3) is 0 Å². The zero-order valence-corrected chi connectivity index (χ0v) is 13.4. The molecule has 0 unspecified atom stereocenters. The molecule has 0 aromatic heterocycles. The largest absolute Gasteiger partial charge is 0.446 e. The molecule has 3 rings (SSSR count). The number of benzene rings is 1. The Labute approximate surface area is 127 Å². The van der Waals surface area contributed by atoms with Crippen molar-refractivity contribution in [3.05, 3.63) is 28.3 Å². The molecule has 0 N–H and O–H groups in total. The van der Waals surface area contributed by atoms with E-state index in [1.165, 1.54) is 35.1 Å². The molecule has 1 aliphatic carbocycles. The topological polar surface area (TPSA) is 29.5 Å². The number of nitrogens with zero attached hydrogens (tertiary/aromatic N) is 1. The number of rotatable bonds is 1. The van der Waals surface area contributed by atoms with E-state index in [-0.39, 0.29) is 12.2 Å². The summed E-state index contributed by atoms with van der Waals surface area (Å²) >= 11 is 0. The highest BCUT2D eigenvalue weighted by molar-refractivity contribution is 5.90. The molecule has 0 saturated heterocycles. The van der Waals surface area contributed by atoms with Gasteiger partial charge >= 0.3 is 6.09 Å². The number of carbonyl (C=O) groups excluding carboxylic acids is 1. The monoisotopic (exact) mass is 287 g/mol. The van der Waals surface area contributed by atoms with E-state index in [0.717, 1.165) is 37.9 Å². The fraction of sp³-hybridized carbons (Fsp3) is 0.611. The van der Waals surface area contributed by atoms with E-state index in [1.807, 2.05) is 18.7 Å². The number of carbonyl (C=O) groups is 1. The lowest BCUT2D eigenvalue weighted by atomic mass is 9.95. The predicted octanol–water partition coefficient (Wildman–Crippen LogP) is 4.17.